The highest BCUT2D eigenvalue weighted by Crippen LogP contribution is 2.01. The van der Waals surface area contributed by atoms with Gasteiger partial charge in [-0.25, -0.2) is 0 Å². The lowest BCUT2D eigenvalue weighted by Gasteiger charge is -2.29. The Balaban J connectivity index is 1.91. The average Bonchev–Trinajstić information content (AvgIpc) is 2.48. The molecule has 0 radical (unpaired) electrons. The summed E-state index contributed by atoms with van der Waals surface area (Å²) in [4.78, 5) is 31.3. The van der Waals surface area contributed by atoms with Gasteiger partial charge >= 0.3 is 0 Å². The first-order valence-corrected chi connectivity index (χ1v) is 6.33. The predicted molar refractivity (Wildman–Crippen MR) is 70.6 cm³/mol. The number of carbonyl (C=O) groups is 2. The topological polar surface area (TPSA) is 65.5 Å². The second-order valence-corrected chi connectivity index (χ2v) is 4.51. The zero-order valence-corrected chi connectivity index (χ0v) is 11.0. The van der Waals surface area contributed by atoms with Crippen LogP contribution in [-0.2, 0) is 4.79 Å². The molecule has 6 nitrogen and oxygen atoms in total. The number of hydrogen-bond donors (Lipinski definition) is 1. The van der Waals surface area contributed by atoms with Crippen LogP contribution in [0.3, 0.4) is 0 Å². The summed E-state index contributed by atoms with van der Waals surface area (Å²) in [5.74, 6) is -0.252. The van der Waals surface area contributed by atoms with E-state index in [2.05, 4.69) is 10.3 Å². The molecule has 6 heteroatoms. The zero-order chi connectivity index (χ0) is 13.7. The molecule has 1 fully saturated rings. The molecular formula is C13H18N4O2. The molecule has 2 amide bonds. The van der Waals surface area contributed by atoms with Crippen molar-refractivity contribution in [2.75, 3.05) is 39.8 Å². The lowest BCUT2D eigenvalue weighted by Crippen LogP contribution is -2.49. The monoisotopic (exact) mass is 262 g/mol. The number of aromatic nitrogens is 1. The number of carbonyl (C=O) groups excluding carboxylic acids is 2. The molecule has 1 aliphatic rings. The number of nitrogens with one attached hydrogen (secondary N) is 1. The van der Waals surface area contributed by atoms with Gasteiger partial charge in [0.25, 0.3) is 5.91 Å². The second kappa shape index (κ2) is 6.29. The van der Waals surface area contributed by atoms with Crippen LogP contribution in [0, 0.1) is 0 Å². The van der Waals surface area contributed by atoms with Crippen LogP contribution in [0.5, 0.6) is 0 Å². The highest BCUT2D eigenvalue weighted by Gasteiger charge is 2.20. The van der Waals surface area contributed by atoms with Gasteiger partial charge in [-0.15, -0.1) is 0 Å². The van der Waals surface area contributed by atoms with Crippen molar-refractivity contribution in [3.63, 3.8) is 0 Å². The predicted octanol–water partition coefficient (Wildman–Crippen LogP) is -0.415. The van der Waals surface area contributed by atoms with E-state index in [0.717, 1.165) is 13.1 Å². The summed E-state index contributed by atoms with van der Waals surface area (Å²) < 4.78 is 0. The van der Waals surface area contributed by atoms with E-state index >= 15 is 0 Å². The van der Waals surface area contributed by atoms with E-state index in [4.69, 9.17) is 0 Å². The van der Waals surface area contributed by atoms with Crippen LogP contribution in [0.25, 0.3) is 0 Å². The highest BCUT2D eigenvalue weighted by molar-refractivity contribution is 5.94. The Morgan fingerprint density at radius 3 is 2.74 bits per heavy atom. The molecule has 19 heavy (non-hydrogen) atoms. The van der Waals surface area contributed by atoms with Gasteiger partial charge in [-0.3, -0.25) is 14.6 Å². The van der Waals surface area contributed by atoms with Gasteiger partial charge in [0.15, 0.2) is 0 Å². The Kier molecular flexibility index (Phi) is 4.46. The number of hydrogen-bond acceptors (Lipinski definition) is 4. The molecule has 0 atom stereocenters. The number of rotatable bonds is 3. The van der Waals surface area contributed by atoms with Crippen molar-refractivity contribution in [2.45, 2.75) is 0 Å². The lowest BCUT2D eigenvalue weighted by molar-refractivity contribution is -0.132. The molecule has 1 aromatic heterocycles. The van der Waals surface area contributed by atoms with Crippen molar-refractivity contribution in [3.8, 4) is 0 Å². The summed E-state index contributed by atoms with van der Waals surface area (Å²) in [7, 11) is 1.62. The minimum atomic E-state index is -0.232. The summed E-state index contributed by atoms with van der Waals surface area (Å²) in [5, 5.41) is 3.19. The summed E-state index contributed by atoms with van der Waals surface area (Å²) in [6.07, 6.45) is 1.57. The smallest absolute Gasteiger partial charge is 0.272 e. The summed E-state index contributed by atoms with van der Waals surface area (Å²) >= 11 is 0. The molecule has 0 aromatic carbocycles. The van der Waals surface area contributed by atoms with Crippen LogP contribution in [0.4, 0.5) is 0 Å². The third-order valence-corrected chi connectivity index (χ3v) is 3.07. The summed E-state index contributed by atoms with van der Waals surface area (Å²) in [6, 6.07) is 5.16. The molecule has 1 aliphatic heterocycles. The maximum Gasteiger partial charge on any atom is 0.272 e. The van der Waals surface area contributed by atoms with E-state index in [1.54, 1.807) is 36.3 Å². The van der Waals surface area contributed by atoms with Crippen molar-refractivity contribution in [1.82, 2.24) is 20.1 Å². The average molecular weight is 262 g/mol. The molecule has 2 rings (SSSR count). The molecule has 2 heterocycles. The Labute approximate surface area is 112 Å². The molecule has 1 N–H and O–H groups in total. The number of pyridine rings is 1. The van der Waals surface area contributed by atoms with E-state index in [9.17, 15) is 9.59 Å². The molecule has 0 bridgehead atoms. The fourth-order valence-corrected chi connectivity index (χ4v) is 1.97. The van der Waals surface area contributed by atoms with E-state index in [-0.39, 0.29) is 18.4 Å². The molecule has 1 aromatic rings. The molecule has 1 saturated heterocycles. The first-order valence-electron chi connectivity index (χ1n) is 6.33. The fraction of sp³-hybridized carbons (Fsp3) is 0.462. The fourth-order valence-electron chi connectivity index (χ4n) is 1.97. The first kappa shape index (κ1) is 13.5. The quantitative estimate of drug-likeness (QED) is 0.804. The summed E-state index contributed by atoms with van der Waals surface area (Å²) in [6.45, 7) is 3.11. The molecular weight excluding hydrogens is 244 g/mol. The Bertz CT molecular complexity index is 443. The van der Waals surface area contributed by atoms with E-state index in [1.807, 2.05) is 0 Å². The molecule has 102 valence electrons. The minimum Gasteiger partial charge on any atom is -0.339 e. The Hall–Kier alpha value is -1.95. The highest BCUT2D eigenvalue weighted by atomic mass is 16.2. The zero-order valence-electron chi connectivity index (χ0n) is 11.0. The number of nitrogens with zero attached hydrogens (tertiary/aromatic N) is 3. The van der Waals surface area contributed by atoms with Crippen LogP contribution < -0.4 is 5.32 Å². The second-order valence-electron chi connectivity index (χ2n) is 4.51. The van der Waals surface area contributed by atoms with Gasteiger partial charge in [-0.05, 0) is 12.1 Å². The van der Waals surface area contributed by atoms with Gasteiger partial charge in [-0.1, -0.05) is 6.07 Å². The molecule has 0 saturated carbocycles. The van der Waals surface area contributed by atoms with Gasteiger partial charge in [0.1, 0.15) is 5.69 Å². The van der Waals surface area contributed by atoms with Crippen LogP contribution in [0.1, 0.15) is 10.5 Å². The normalized spacial score (nSPS) is 15.1. The standard InChI is InChI=1S/C13H18N4O2/c1-16(13(19)11-4-2-3-5-15-11)10-12(18)17-8-6-14-7-9-17/h2-5,14H,6-10H2,1H3. The van der Waals surface area contributed by atoms with Gasteiger partial charge < -0.3 is 15.1 Å². The minimum absolute atomic E-state index is 0.0201. The van der Waals surface area contributed by atoms with Crippen molar-refractivity contribution in [1.29, 1.82) is 0 Å². The van der Waals surface area contributed by atoms with Gasteiger partial charge in [0.05, 0.1) is 6.54 Å². The van der Waals surface area contributed by atoms with Crippen LogP contribution in [-0.4, -0.2) is 66.4 Å². The van der Waals surface area contributed by atoms with Crippen LogP contribution >= 0.6 is 0 Å². The maximum atomic E-state index is 12.0. The van der Waals surface area contributed by atoms with E-state index < -0.39 is 0 Å². The maximum absolute atomic E-state index is 12.0. The largest absolute Gasteiger partial charge is 0.339 e. The Morgan fingerprint density at radius 1 is 1.37 bits per heavy atom. The van der Waals surface area contributed by atoms with Gasteiger partial charge in [0.2, 0.25) is 5.91 Å². The van der Waals surface area contributed by atoms with E-state index in [0.29, 0.717) is 18.8 Å². The van der Waals surface area contributed by atoms with Crippen LogP contribution in [0.15, 0.2) is 24.4 Å². The molecule has 0 aliphatic carbocycles. The van der Waals surface area contributed by atoms with Gasteiger partial charge in [0, 0.05) is 39.4 Å². The molecule has 0 unspecified atom stereocenters. The lowest BCUT2D eigenvalue weighted by atomic mass is 10.3. The number of piperazine rings is 1. The summed E-state index contributed by atoms with van der Waals surface area (Å²) in [5.41, 5.74) is 0.359. The number of likely N-dealkylation sites (N-methyl/N-ethyl adjacent to an activating group) is 1. The number of amides is 2. The van der Waals surface area contributed by atoms with Gasteiger partial charge in [-0.2, -0.15) is 0 Å². The van der Waals surface area contributed by atoms with Crippen molar-refractivity contribution < 1.29 is 9.59 Å². The molecule has 0 spiro atoms. The van der Waals surface area contributed by atoms with Crippen molar-refractivity contribution >= 4 is 11.8 Å². The Morgan fingerprint density at radius 2 is 2.11 bits per heavy atom. The van der Waals surface area contributed by atoms with Crippen molar-refractivity contribution in [2.24, 2.45) is 0 Å². The SMILES string of the molecule is CN(CC(=O)N1CCNCC1)C(=O)c1ccccn1. The first-order chi connectivity index (χ1) is 9.18. The third-order valence-electron chi connectivity index (χ3n) is 3.07. The van der Waals surface area contributed by atoms with E-state index in [1.165, 1.54) is 4.90 Å². The van der Waals surface area contributed by atoms with Crippen molar-refractivity contribution in [3.05, 3.63) is 30.1 Å². The van der Waals surface area contributed by atoms with Crippen LogP contribution in [0.2, 0.25) is 0 Å². The third kappa shape index (κ3) is 3.51.